The van der Waals surface area contributed by atoms with Gasteiger partial charge in [0.2, 0.25) is 0 Å². The number of nitrogens with one attached hydrogen (secondary N) is 1. The van der Waals surface area contributed by atoms with E-state index in [0.29, 0.717) is 5.69 Å². The number of aryl methyl sites for hydroxylation is 1. The van der Waals surface area contributed by atoms with Crippen LogP contribution in [-0.2, 0) is 6.54 Å². The van der Waals surface area contributed by atoms with Gasteiger partial charge < -0.3 is 5.11 Å². The topological polar surface area (TPSA) is 75.1 Å². The lowest BCUT2D eigenvalue weighted by Crippen LogP contribution is -2.32. The highest BCUT2D eigenvalue weighted by atomic mass is 19.3. The first kappa shape index (κ1) is 12.0. The molecule has 2 rings (SSSR count). The van der Waals surface area contributed by atoms with Crippen LogP contribution < -0.4 is 11.2 Å². The lowest BCUT2D eigenvalue weighted by Gasteiger charge is -2.07. The van der Waals surface area contributed by atoms with Crippen LogP contribution in [0.3, 0.4) is 0 Å². The van der Waals surface area contributed by atoms with E-state index in [1.54, 1.807) is 0 Å². The lowest BCUT2D eigenvalue weighted by atomic mass is 10.3. The number of H-pyrrole nitrogens is 1. The fourth-order valence-electron chi connectivity index (χ4n) is 2.02. The predicted octanol–water partition coefficient (Wildman–Crippen LogP) is -0.281. The zero-order chi connectivity index (χ0) is 12.8. The number of aromatic nitrogens is 2. The molecule has 1 aromatic heterocycles. The van der Waals surface area contributed by atoms with Gasteiger partial charge in [0, 0.05) is 18.3 Å². The van der Waals surface area contributed by atoms with E-state index < -0.39 is 35.6 Å². The Bertz CT molecular complexity index is 549. The van der Waals surface area contributed by atoms with Crippen molar-refractivity contribution < 1.29 is 13.9 Å². The van der Waals surface area contributed by atoms with Gasteiger partial charge >= 0.3 is 5.69 Å². The van der Waals surface area contributed by atoms with Crippen molar-refractivity contribution in [2.75, 3.05) is 6.61 Å². The zero-order valence-corrected chi connectivity index (χ0v) is 9.11. The molecular formula is C10H12F2N2O3. The molecule has 1 aliphatic carbocycles. The lowest BCUT2D eigenvalue weighted by molar-refractivity contribution is 0.0700. The van der Waals surface area contributed by atoms with Gasteiger partial charge in [-0.05, 0) is 6.92 Å². The van der Waals surface area contributed by atoms with Crippen molar-refractivity contribution in [2.45, 2.75) is 19.4 Å². The molecule has 17 heavy (non-hydrogen) atoms. The Morgan fingerprint density at radius 3 is 2.59 bits per heavy atom. The van der Waals surface area contributed by atoms with Gasteiger partial charge in [0.15, 0.2) is 0 Å². The van der Waals surface area contributed by atoms with Crippen LogP contribution in [0.25, 0.3) is 0 Å². The molecule has 0 saturated heterocycles. The fraction of sp³-hybridized carbons (Fsp3) is 0.600. The summed E-state index contributed by atoms with van der Waals surface area (Å²) in [7, 11) is 0. The third-order valence-electron chi connectivity index (χ3n) is 3.18. The molecule has 0 aliphatic heterocycles. The quantitative estimate of drug-likeness (QED) is 0.770. The van der Waals surface area contributed by atoms with E-state index in [4.69, 9.17) is 5.11 Å². The molecule has 0 bridgehead atoms. The van der Waals surface area contributed by atoms with E-state index in [0.717, 1.165) is 4.57 Å². The Balaban J connectivity index is 2.27. The Kier molecular flexibility index (Phi) is 2.65. The summed E-state index contributed by atoms with van der Waals surface area (Å²) >= 11 is 0. The number of halogens is 2. The second-order valence-electron chi connectivity index (χ2n) is 4.26. The Morgan fingerprint density at radius 2 is 2.12 bits per heavy atom. The Hall–Kier alpha value is -1.50. The second-order valence-corrected chi connectivity index (χ2v) is 4.26. The van der Waals surface area contributed by atoms with Crippen LogP contribution in [0.15, 0.2) is 15.7 Å². The molecule has 1 aliphatic rings. The van der Waals surface area contributed by atoms with Crippen molar-refractivity contribution in [3.63, 3.8) is 0 Å². The summed E-state index contributed by atoms with van der Waals surface area (Å²) in [6.07, 6.45) is 0. The van der Waals surface area contributed by atoms with Crippen LogP contribution in [0, 0.1) is 18.8 Å². The summed E-state index contributed by atoms with van der Waals surface area (Å²) in [4.78, 5) is 24.4. The summed E-state index contributed by atoms with van der Waals surface area (Å²) < 4.78 is 27.4. The Labute approximate surface area is 94.7 Å². The molecule has 1 aromatic rings. The SMILES string of the molecule is Cc1cc(=O)[nH]c(=O)n1CC1C(CO)C1(F)F. The number of alkyl halides is 2. The first-order valence-corrected chi connectivity index (χ1v) is 5.17. The highest BCUT2D eigenvalue weighted by Gasteiger charge is 2.67. The van der Waals surface area contributed by atoms with Crippen molar-refractivity contribution in [2.24, 2.45) is 11.8 Å². The number of rotatable bonds is 3. The van der Waals surface area contributed by atoms with Crippen molar-refractivity contribution >= 4 is 0 Å². The van der Waals surface area contributed by atoms with Crippen LogP contribution in [0.1, 0.15) is 5.69 Å². The van der Waals surface area contributed by atoms with Gasteiger partial charge in [-0.2, -0.15) is 0 Å². The normalized spacial score (nSPS) is 25.9. The average Bonchev–Trinajstić information content (AvgIpc) is 2.73. The molecule has 2 unspecified atom stereocenters. The molecule has 1 fully saturated rings. The number of aromatic amines is 1. The number of hydrogen-bond donors (Lipinski definition) is 2. The van der Waals surface area contributed by atoms with Crippen LogP contribution >= 0.6 is 0 Å². The number of aliphatic hydroxyl groups is 1. The molecule has 0 aromatic carbocycles. The first-order chi connectivity index (χ1) is 7.87. The molecule has 94 valence electrons. The summed E-state index contributed by atoms with van der Waals surface area (Å²) in [5.74, 6) is -5.08. The fourth-order valence-corrected chi connectivity index (χ4v) is 2.02. The molecule has 0 spiro atoms. The maximum Gasteiger partial charge on any atom is 0.328 e. The largest absolute Gasteiger partial charge is 0.396 e. The predicted molar refractivity (Wildman–Crippen MR) is 55.1 cm³/mol. The van der Waals surface area contributed by atoms with Crippen molar-refractivity contribution in [3.8, 4) is 0 Å². The summed E-state index contributed by atoms with van der Waals surface area (Å²) in [6.45, 7) is 0.708. The summed E-state index contributed by atoms with van der Waals surface area (Å²) in [5, 5.41) is 8.75. The van der Waals surface area contributed by atoms with Gasteiger partial charge in [-0.3, -0.25) is 14.3 Å². The maximum absolute atomic E-state index is 13.1. The van der Waals surface area contributed by atoms with Crippen molar-refractivity contribution in [3.05, 3.63) is 32.6 Å². The smallest absolute Gasteiger partial charge is 0.328 e. The van der Waals surface area contributed by atoms with Gasteiger partial charge in [0.05, 0.1) is 18.4 Å². The molecule has 2 atom stereocenters. The molecular weight excluding hydrogens is 234 g/mol. The van der Waals surface area contributed by atoms with E-state index in [-0.39, 0.29) is 6.54 Å². The van der Waals surface area contributed by atoms with Crippen molar-refractivity contribution in [1.29, 1.82) is 0 Å². The van der Waals surface area contributed by atoms with Gasteiger partial charge in [-0.15, -0.1) is 0 Å². The van der Waals surface area contributed by atoms with Crippen molar-refractivity contribution in [1.82, 2.24) is 9.55 Å². The van der Waals surface area contributed by atoms with Gasteiger partial charge in [0.1, 0.15) is 0 Å². The molecule has 7 heteroatoms. The van der Waals surface area contributed by atoms with E-state index in [9.17, 15) is 18.4 Å². The minimum Gasteiger partial charge on any atom is -0.396 e. The molecule has 5 nitrogen and oxygen atoms in total. The van der Waals surface area contributed by atoms with E-state index in [1.165, 1.54) is 13.0 Å². The van der Waals surface area contributed by atoms with E-state index in [2.05, 4.69) is 0 Å². The highest BCUT2D eigenvalue weighted by Crippen LogP contribution is 2.55. The van der Waals surface area contributed by atoms with Gasteiger partial charge in [-0.1, -0.05) is 0 Å². The van der Waals surface area contributed by atoms with Gasteiger partial charge in [-0.25, -0.2) is 13.6 Å². The second kappa shape index (κ2) is 3.76. The third-order valence-corrected chi connectivity index (χ3v) is 3.18. The van der Waals surface area contributed by atoms with Crippen LogP contribution in [-0.4, -0.2) is 27.2 Å². The minimum atomic E-state index is -2.93. The monoisotopic (exact) mass is 246 g/mol. The van der Waals surface area contributed by atoms with Crippen LogP contribution in [0.5, 0.6) is 0 Å². The third kappa shape index (κ3) is 1.90. The summed E-state index contributed by atoms with van der Waals surface area (Å²) in [5.41, 5.74) is -0.919. The first-order valence-electron chi connectivity index (χ1n) is 5.17. The minimum absolute atomic E-state index is 0.195. The van der Waals surface area contributed by atoms with E-state index in [1.807, 2.05) is 4.98 Å². The molecule has 2 N–H and O–H groups in total. The molecule has 0 amide bonds. The number of aliphatic hydroxyl groups excluding tert-OH is 1. The standard InChI is InChI=1S/C10H12F2N2O3/c1-5-2-8(16)13-9(17)14(5)3-6-7(4-15)10(6,11)12/h2,6-7,15H,3-4H2,1H3,(H,13,16,17). The van der Waals surface area contributed by atoms with Crippen LogP contribution in [0.4, 0.5) is 8.78 Å². The highest BCUT2D eigenvalue weighted by molar-refractivity contribution is 5.07. The molecule has 1 heterocycles. The molecule has 1 saturated carbocycles. The number of hydrogen-bond acceptors (Lipinski definition) is 3. The maximum atomic E-state index is 13.1. The zero-order valence-electron chi connectivity index (χ0n) is 9.11. The van der Waals surface area contributed by atoms with Gasteiger partial charge in [0.25, 0.3) is 11.5 Å². The number of nitrogens with zero attached hydrogens (tertiary/aromatic N) is 1. The van der Waals surface area contributed by atoms with Crippen LogP contribution in [0.2, 0.25) is 0 Å². The summed E-state index contributed by atoms with van der Waals surface area (Å²) in [6, 6.07) is 1.18. The van der Waals surface area contributed by atoms with E-state index >= 15 is 0 Å². The molecule has 0 radical (unpaired) electrons. The average molecular weight is 246 g/mol. The Morgan fingerprint density at radius 1 is 1.47 bits per heavy atom.